The number of hydrogen-bond donors (Lipinski definition) is 0. The van der Waals surface area contributed by atoms with E-state index in [0.29, 0.717) is 5.92 Å². The molecule has 0 aliphatic heterocycles. The van der Waals surface area contributed by atoms with Crippen molar-refractivity contribution in [1.82, 2.24) is 0 Å². The van der Waals surface area contributed by atoms with Gasteiger partial charge in [-0.25, -0.2) is 4.79 Å². The number of rotatable bonds is 2. The summed E-state index contributed by atoms with van der Waals surface area (Å²) < 4.78 is 4.47. The highest BCUT2D eigenvalue weighted by atomic mass is 16.5. The Kier molecular flexibility index (Phi) is 2.42. The SMILES string of the molecule is COC(=O)C(C#N)=CC1CC1(C)C. The minimum absolute atomic E-state index is 0.123. The summed E-state index contributed by atoms with van der Waals surface area (Å²) in [6, 6.07) is 1.85. The molecule has 1 saturated carbocycles. The molecule has 1 aliphatic carbocycles. The van der Waals surface area contributed by atoms with Gasteiger partial charge in [0.05, 0.1) is 7.11 Å². The Labute approximate surface area is 78.0 Å². The van der Waals surface area contributed by atoms with Crippen LogP contribution in [0.3, 0.4) is 0 Å². The maximum atomic E-state index is 11.0. The van der Waals surface area contributed by atoms with E-state index in [2.05, 4.69) is 18.6 Å². The Balaban J connectivity index is 2.70. The van der Waals surface area contributed by atoms with E-state index in [1.807, 2.05) is 6.07 Å². The molecule has 0 bridgehead atoms. The van der Waals surface area contributed by atoms with Crippen molar-refractivity contribution in [3.8, 4) is 6.07 Å². The summed E-state index contributed by atoms with van der Waals surface area (Å²) in [5, 5.41) is 8.66. The van der Waals surface area contributed by atoms with Gasteiger partial charge >= 0.3 is 5.97 Å². The lowest BCUT2D eigenvalue weighted by Gasteiger charge is -1.98. The Morgan fingerprint density at radius 2 is 2.23 bits per heavy atom. The summed E-state index contributed by atoms with van der Waals surface area (Å²) in [7, 11) is 1.28. The Morgan fingerprint density at radius 3 is 2.54 bits per heavy atom. The zero-order chi connectivity index (χ0) is 10.1. The molecule has 1 aliphatic rings. The summed E-state index contributed by atoms with van der Waals surface area (Å²) in [6.07, 6.45) is 2.75. The molecule has 1 fully saturated rings. The van der Waals surface area contributed by atoms with Crippen molar-refractivity contribution in [3.63, 3.8) is 0 Å². The van der Waals surface area contributed by atoms with Crippen LogP contribution >= 0.6 is 0 Å². The first-order chi connectivity index (χ1) is 6.01. The van der Waals surface area contributed by atoms with Crippen molar-refractivity contribution in [2.24, 2.45) is 11.3 Å². The molecule has 1 atom stereocenters. The quantitative estimate of drug-likeness (QED) is 0.368. The highest BCUT2D eigenvalue weighted by Gasteiger charge is 2.44. The number of ether oxygens (including phenoxy) is 1. The van der Waals surface area contributed by atoms with Crippen molar-refractivity contribution in [3.05, 3.63) is 11.6 Å². The molecule has 3 nitrogen and oxygen atoms in total. The van der Waals surface area contributed by atoms with Crippen LogP contribution in [-0.2, 0) is 9.53 Å². The van der Waals surface area contributed by atoms with E-state index in [1.54, 1.807) is 6.08 Å². The van der Waals surface area contributed by atoms with Crippen molar-refractivity contribution in [2.45, 2.75) is 20.3 Å². The summed E-state index contributed by atoms with van der Waals surface area (Å²) in [5.74, 6) is -0.188. The Hall–Kier alpha value is -1.30. The van der Waals surface area contributed by atoms with Crippen molar-refractivity contribution in [1.29, 1.82) is 5.26 Å². The molecule has 0 spiro atoms. The first kappa shape index (κ1) is 9.79. The molecule has 0 N–H and O–H groups in total. The molecule has 1 unspecified atom stereocenters. The second kappa shape index (κ2) is 3.21. The van der Waals surface area contributed by atoms with Gasteiger partial charge in [-0.15, -0.1) is 0 Å². The normalized spacial score (nSPS) is 24.8. The van der Waals surface area contributed by atoms with Gasteiger partial charge in [0.1, 0.15) is 11.6 Å². The first-order valence-electron chi connectivity index (χ1n) is 4.21. The van der Waals surface area contributed by atoms with Crippen LogP contribution < -0.4 is 0 Å². The van der Waals surface area contributed by atoms with Crippen LogP contribution in [0.25, 0.3) is 0 Å². The van der Waals surface area contributed by atoms with Gasteiger partial charge in [-0.1, -0.05) is 19.9 Å². The Bertz CT molecular complexity index is 297. The predicted octanol–water partition coefficient (Wildman–Crippen LogP) is 1.66. The molecule has 70 valence electrons. The predicted molar refractivity (Wildman–Crippen MR) is 47.6 cm³/mol. The largest absolute Gasteiger partial charge is 0.465 e. The third kappa shape index (κ3) is 2.09. The molecule has 0 heterocycles. The summed E-state index contributed by atoms with van der Waals surface area (Å²) in [4.78, 5) is 11.0. The number of nitrogens with zero attached hydrogens (tertiary/aromatic N) is 1. The summed E-state index contributed by atoms with van der Waals surface area (Å²) in [6.45, 7) is 4.22. The van der Waals surface area contributed by atoms with Crippen molar-refractivity contribution >= 4 is 5.97 Å². The summed E-state index contributed by atoms with van der Waals surface area (Å²) >= 11 is 0. The maximum absolute atomic E-state index is 11.0. The number of carbonyl (C=O) groups excluding carboxylic acids is 1. The van der Waals surface area contributed by atoms with Gasteiger partial charge in [0.2, 0.25) is 0 Å². The van der Waals surface area contributed by atoms with E-state index in [4.69, 9.17) is 5.26 Å². The highest BCUT2D eigenvalue weighted by Crippen LogP contribution is 2.52. The van der Waals surface area contributed by atoms with E-state index in [0.717, 1.165) is 6.42 Å². The Morgan fingerprint density at radius 1 is 1.69 bits per heavy atom. The van der Waals surface area contributed by atoms with Gasteiger partial charge in [0.15, 0.2) is 0 Å². The van der Waals surface area contributed by atoms with E-state index in [9.17, 15) is 4.79 Å². The van der Waals surface area contributed by atoms with Crippen LogP contribution in [0, 0.1) is 22.7 Å². The fourth-order valence-electron chi connectivity index (χ4n) is 1.25. The van der Waals surface area contributed by atoms with Gasteiger partial charge < -0.3 is 4.74 Å². The minimum atomic E-state index is -0.537. The zero-order valence-corrected chi connectivity index (χ0v) is 8.13. The van der Waals surface area contributed by atoms with Crippen LogP contribution in [0.5, 0.6) is 0 Å². The van der Waals surface area contributed by atoms with Crippen LogP contribution in [0.2, 0.25) is 0 Å². The highest BCUT2D eigenvalue weighted by molar-refractivity contribution is 5.92. The lowest BCUT2D eigenvalue weighted by molar-refractivity contribution is -0.135. The second-order valence-corrected chi connectivity index (χ2v) is 3.98. The fourth-order valence-corrected chi connectivity index (χ4v) is 1.25. The standard InChI is InChI=1S/C10H13NO2/c1-10(2)5-8(10)4-7(6-11)9(12)13-3/h4,8H,5H2,1-3H3. The van der Waals surface area contributed by atoms with E-state index < -0.39 is 5.97 Å². The minimum Gasteiger partial charge on any atom is -0.465 e. The van der Waals surface area contributed by atoms with Crippen molar-refractivity contribution < 1.29 is 9.53 Å². The molecular weight excluding hydrogens is 166 g/mol. The van der Waals surface area contributed by atoms with Gasteiger partial charge in [-0.2, -0.15) is 5.26 Å². The first-order valence-corrected chi connectivity index (χ1v) is 4.21. The molecule has 1 rings (SSSR count). The van der Waals surface area contributed by atoms with E-state index in [1.165, 1.54) is 7.11 Å². The molecule has 0 saturated heterocycles. The van der Waals surface area contributed by atoms with E-state index in [-0.39, 0.29) is 11.0 Å². The second-order valence-electron chi connectivity index (χ2n) is 3.98. The maximum Gasteiger partial charge on any atom is 0.348 e. The van der Waals surface area contributed by atoms with Crippen LogP contribution in [0.1, 0.15) is 20.3 Å². The molecule has 0 radical (unpaired) electrons. The zero-order valence-electron chi connectivity index (χ0n) is 8.13. The topological polar surface area (TPSA) is 50.1 Å². The monoisotopic (exact) mass is 179 g/mol. The molecular formula is C10H13NO2. The lowest BCUT2D eigenvalue weighted by atomic mass is 10.1. The molecule has 13 heavy (non-hydrogen) atoms. The number of allylic oxidation sites excluding steroid dienone is 1. The average molecular weight is 179 g/mol. The van der Waals surface area contributed by atoms with Crippen molar-refractivity contribution in [2.75, 3.05) is 7.11 Å². The molecule has 0 aromatic heterocycles. The number of esters is 1. The van der Waals surface area contributed by atoms with Gasteiger partial charge in [0.25, 0.3) is 0 Å². The fraction of sp³-hybridized carbons (Fsp3) is 0.600. The smallest absolute Gasteiger partial charge is 0.348 e. The third-order valence-electron chi connectivity index (χ3n) is 2.48. The van der Waals surface area contributed by atoms with Crippen LogP contribution in [0.4, 0.5) is 0 Å². The average Bonchev–Trinajstić information content (AvgIpc) is 2.68. The van der Waals surface area contributed by atoms with Gasteiger partial charge in [-0.05, 0) is 17.8 Å². The number of carbonyl (C=O) groups is 1. The third-order valence-corrected chi connectivity index (χ3v) is 2.48. The van der Waals surface area contributed by atoms with Gasteiger partial charge in [0, 0.05) is 0 Å². The molecule has 0 amide bonds. The number of methoxy groups -OCH3 is 1. The molecule has 0 aromatic rings. The summed E-state index contributed by atoms with van der Waals surface area (Å²) in [5.41, 5.74) is 0.369. The number of nitriles is 1. The molecule has 3 heteroatoms. The molecule has 0 aromatic carbocycles. The van der Waals surface area contributed by atoms with Gasteiger partial charge in [-0.3, -0.25) is 0 Å². The van der Waals surface area contributed by atoms with Crippen LogP contribution in [-0.4, -0.2) is 13.1 Å². The van der Waals surface area contributed by atoms with E-state index >= 15 is 0 Å². The lowest BCUT2D eigenvalue weighted by Crippen LogP contribution is -2.03. The number of hydrogen-bond acceptors (Lipinski definition) is 3. The van der Waals surface area contributed by atoms with Crippen LogP contribution in [0.15, 0.2) is 11.6 Å².